The molecule has 8 nitrogen and oxygen atoms in total. The van der Waals surface area contributed by atoms with Gasteiger partial charge in [0.2, 0.25) is 5.89 Å². The summed E-state index contributed by atoms with van der Waals surface area (Å²) >= 11 is 0. The lowest BCUT2D eigenvalue weighted by atomic mass is 10.3. The molecule has 1 amide bonds. The molecule has 0 atom stereocenters. The molecule has 8 heteroatoms. The molecule has 0 aliphatic heterocycles. The number of rotatable bonds is 5. The number of anilines is 2. The number of hydrogen-bond acceptors (Lipinski definition) is 6. The summed E-state index contributed by atoms with van der Waals surface area (Å²) in [6.07, 6.45) is 2.84. The number of carbonyl (C=O) groups excluding carboxylic acids is 1. The molecule has 0 bridgehead atoms. The van der Waals surface area contributed by atoms with Gasteiger partial charge in [0.25, 0.3) is 5.91 Å². The van der Waals surface area contributed by atoms with Crippen LogP contribution in [0, 0.1) is 0 Å². The van der Waals surface area contributed by atoms with Crippen molar-refractivity contribution in [2.75, 3.05) is 18.2 Å². The van der Waals surface area contributed by atoms with Gasteiger partial charge in [-0.05, 0) is 36.4 Å². The van der Waals surface area contributed by atoms with Crippen molar-refractivity contribution in [2.45, 2.75) is 0 Å². The summed E-state index contributed by atoms with van der Waals surface area (Å²) < 4.78 is 12.1. The fourth-order valence-corrected chi connectivity index (χ4v) is 2.67. The highest BCUT2D eigenvalue weighted by Gasteiger charge is 2.18. The van der Waals surface area contributed by atoms with E-state index in [0.717, 1.165) is 5.69 Å². The zero-order chi connectivity index (χ0) is 19.5. The summed E-state index contributed by atoms with van der Waals surface area (Å²) in [5, 5.41) is 7.03. The Morgan fingerprint density at radius 3 is 2.61 bits per heavy atom. The van der Waals surface area contributed by atoms with Crippen LogP contribution < -0.4 is 15.8 Å². The van der Waals surface area contributed by atoms with Crippen molar-refractivity contribution >= 4 is 17.4 Å². The van der Waals surface area contributed by atoms with E-state index in [4.69, 9.17) is 14.9 Å². The molecule has 28 heavy (non-hydrogen) atoms. The van der Waals surface area contributed by atoms with Gasteiger partial charge in [0.15, 0.2) is 5.69 Å². The minimum atomic E-state index is -0.394. The van der Waals surface area contributed by atoms with Gasteiger partial charge in [0.1, 0.15) is 17.8 Å². The number of methoxy groups -OCH3 is 1. The van der Waals surface area contributed by atoms with Crippen molar-refractivity contribution < 1.29 is 13.9 Å². The highest BCUT2D eigenvalue weighted by Crippen LogP contribution is 2.27. The van der Waals surface area contributed by atoms with Crippen LogP contribution in [-0.2, 0) is 0 Å². The molecule has 140 valence electrons. The average molecular weight is 375 g/mol. The molecule has 0 saturated heterocycles. The second-order valence-corrected chi connectivity index (χ2v) is 5.91. The van der Waals surface area contributed by atoms with Gasteiger partial charge >= 0.3 is 0 Å². The van der Waals surface area contributed by atoms with Crippen molar-refractivity contribution in [1.82, 2.24) is 14.8 Å². The number of oxazole rings is 1. The molecule has 2 heterocycles. The minimum absolute atomic E-state index is 0.137. The molecule has 0 spiro atoms. The maximum Gasteiger partial charge on any atom is 0.277 e. The Balaban J connectivity index is 1.54. The summed E-state index contributed by atoms with van der Waals surface area (Å²) in [5.41, 5.74) is 8.27. The van der Waals surface area contributed by atoms with Gasteiger partial charge < -0.3 is 20.2 Å². The maximum atomic E-state index is 12.4. The molecule has 0 saturated carbocycles. The topological polar surface area (TPSA) is 108 Å². The van der Waals surface area contributed by atoms with Gasteiger partial charge in [-0.2, -0.15) is 5.10 Å². The Morgan fingerprint density at radius 2 is 1.89 bits per heavy atom. The molecular weight excluding hydrogens is 358 g/mol. The lowest BCUT2D eigenvalue weighted by Gasteiger charge is -2.04. The van der Waals surface area contributed by atoms with Crippen LogP contribution in [0.5, 0.6) is 5.75 Å². The molecule has 2 aromatic carbocycles. The van der Waals surface area contributed by atoms with Crippen LogP contribution in [-0.4, -0.2) is 27.8 Å². The van der Waals surface area contributed by atoms with Gasteiger partial charge in [-0.1, -0.05) is 18.2 Å². The quantitative estimate of drug-likeness (QED) is 0.554. The van der Waals surface area contributed by atoms with Crippen molar-refractivity contribution in [3.63, 3.8) is 0 Å². The number of amides is 1. The Labute approximate surface area is 160 Å². The smallest absolute Gasteiger partial charge is 0.277 e. The predicted molar refractivity (Wildman–Crippen MR) is 104 cm³/mol. The monoisotopic (exact) mass is 375 g/mol. The van der Waals surface area contributed by atoms with Gasteiger partial charge in [-0.15, -0.1) is 0 Å². The average Bonchev–Trinajstić information content (AvgIpc) is 3.36. The largest absolute Gasteiger partial charge is 0.497 e. The highest BCUT2D eigenvalue weighted by atomic mass is 16.5. The third kappa shape index (κ3) is 3.30. The molecule has 0 fully saturated rings. The van der Waals surface area contributed by atoms with Gasteiger partial charge in [0.05, 0.1) is 24.6 Å². The second-order valence-electron chi connectivity index (χ2n) is 5.91. The normalized spacial score (nSPS) is 10.6. The van der Waals surface area contributed by atoms with Crippen LogP contribution in [0.3, 0.4) is 0 Å². The molecule has 0 aliphatic rings. The Morgan fingerprint density at radius 1 is 1.14 bits per heavy atom. The number of para-hydroxylation sites is 1. The van der Waals surface area contributed by atoms with E-state index >= 15 is 0 Å². The maximum absolute atomic E-state index is 12.4. The number of carbonyl (C=O) groups is 1. The SMILES string of the molecule is COc1ccc(NC(=O)c2coc(-c3cnn(-c4ccccc4)c3N)n2)cc1. The number of hydrogen-bond donors (Lipinski definition) is 2. The number of benzene rings is 2. The highest BCUT2D eigenvalue weighted by molar-refractivity contribution is 6.03. The number of nitrogens with zero attached hydrogens (tertiary/aromatic N) is 3. The summed E-state index contributed by atoms with van der Waals surface area (Å²) in [6, 6.07) is 16.4. The van der Waals surface area contributed by atoms with E-state index in [1.165, 1.54) is 6.26 Å². The van der Waals surface area contributed by atoms with Gasteiger partial charge in [-0.25, -0.2) is 9.67 Å². The van der Waals surface area contributed by atoms with E-state index in [9.17, 15) is 4.79 Å². The van der Waals surface area contributed by atoms with E-state index in [0.29, 0.717) is 22.8 Å². The number of ether oxygens (including phenoxy) is 1. The van der Waals surface area contributed by atoms with E-state index in [-0.39, 0.29) is 11.6 Å². The van der Waals surface area contributed by atoms with Crippen molar-refractivity contribution in [3.8, 4) is 22.9 Å². The Kier molecular flexibility index (Phi) is 4.51. The van der Waals surface area contributed by atoms with Crippen LogP contribution in [0.2, 0.25) is 0 Å². The van der Waals surface area contributed by atoms with Crippen molar-refractivity contribution in [1.29, 1.82) is 0 Å². The zero-order valence-electron chi connectivity index (χ0n) is 15.0. The fourth-order valence-electron chi connectivity index (χ4n) is 2.67. The van der Waals surface area contributed by atoms with Gasteiger partial charge in [-0.3, -0.25) is 4.79 Å². The van der Waals surface area contributed by atoms with E-state index in [1.807, 2.05) is 30.3 Å². The first-order valence-electron chi connectivity index (χ1n) is 8.46. The molecule has 2 aromatic heterocycles. The first-order valence-corrected chi connectivity index (χ1v) is 8.46. The molecule has 3 N–H and O–H groups in total. The van der Waals surface area contributed by atoms with Crippen LogP contribution in [0.25, 0.3) is 17.1 Å². The Bertz CT molecular complexity index is 1100. The number of nitrogens with two attached hydrogens (primary N) is 1. The summed E-state index contributed by atoms with van der Waals surface area (Å²) in [4.78, 5) is 16.6. The van der Waals surface area contributed by atoms with E-state index in [2.05, 4.69) is 15.4 Å². The summed E-state index contributed by atoms with van der Waals surface area (Å²) in [6.45, 7) is 0. The zero-order valence-corrected chi connectivity index (χ0v) is 15.0. The molecule has 0 unspecified atom stereocenters. The van der Waals surface area contributed by atoms with Crippen LogP contribution >= 0.6 is 0 Å². The molecular formula is C20H17N5O3. The first-order chi connectivity index (χ1) is 13.7. The number of nitrogen functional groups attached to an aromatic ring is 1. The van der Waals surface area contributed by atoms with Crippen LogP contribution in [0.15, 0.2) is 71.5 Å². The number of nitrogens with one attached hydrogen (secondary N) is 1. The summed E-state index contributed by atoms with van der Waals surface area (Å²) in [5.74, 6) is 0.900. The third-order valence-electron chi connectivity index (χ3n) is 4.12. The third-order valence-corrected chi connectivity index (χ3v) is 4.12. The summed E-state index contributed by atoms with van der Waals surface area (Å²) in [7, 11) is 1.58. The Hall–Kier alpha value is -4.07. The fraction of sp³-hybridized carbons (Fsp3) is 0.0500. The lowest BCUT2D eigenvalue weighted by Crippen LogP contribution is -2.12. The predicted octanol–water partition coefficient (Wildman–Crippen LogP) is 3.37. The second kappa shape index (κ2) is 7.28. The molecule has 0 radical (unpaired) electrons. The van der Waals surface area contributed by atoms with E-state index in [1.54, 1.807) is 42.3 Å². The minimum Gasteiger partial charge on any atom is -0.497 e. The first kappa shape index (κ1) is 17.3. The molecule has 4 aromatic rings. The van der Waals surface area contributed by atoms with Crippen molar-refractivity contribution in [2.24, 2.45) is 0 Å². The lowest BCUT2D eigenvalue weighted by molar-refractivity contribution is 0.102. The van der Waals surface area contributed by atoms with Crippen LogP contribution in [0.1, 0.15) is 10.5 Å². The van der Waals surface area contributed by atoms with Crippen LogP contribution in [0.4, 0.5) is 11.5 Å². The standard InChI is InChI=1S/C20H17N5O3/c1-27-15-9-7-13(8-10-15)23-19(26)17-12-28-20(24-17)16-11-22-25(18(16)21)14-5-3-2-4-6-14/h2-12H,21H2,1H3,(H,23,26). The number of aromatic nitrogens is 3. The molecule has 4 rings (SSSR count). The van der Waals surface area contributed by atoms with Crippen molar-refractivity contribution in [3.05, 3.63) is 72.8 Å². The van der Waals surface area contributed by atoms with Gasteiger partial charge in [0, 0.05) is 5.69 Å². The molecule has 0 aliphatic carbocycles. The van der Waals surface area contributed by atoms with E-state index < -0.39 is 5.91 Å².